The Labute approximate surface area is 146 Å². The SMILES string of the molecule is O=S(=O)(Cc1ccccc1)N1CCN(c2nc3ccccc3o2)CC1. The fraction of sp³-hybridized carbons (Fsp3) is 0.278. The molecule has 7 heteroatoms. The second-order valence-electron chi connectivity index (χ2n) is 6.09. The van der Waals surface area contributed by atoms with E-state index in [4.69, 9.17) is 4.42 Å². The van der Waals surface area contributed by atoms with Crippen LogP contribution in [0.4, 0.5) is 6.01 Å². The van der Waals surface area contributed by atoms with Crippen LogP contribution < -0.4 is 4.90 Å². The maximum atomic E-state index is 12.6. The summed E-state index contributed by atoms with van der Waals surface area (Å²) in [7, 11) is -3.31. The zero-order chi connectivity index (χ0) is 17.3. The lowest BCUT2D eigenvalue weighted by molar-refractivity contribution is 0.373. The lowest BCUT2D eigenvalue weighted by Gasteiger charge is -2.33. The van der Waals surface area contributed by atoms with Gasteiger partial charge >= 0.3 is 0 Å². The summed E-state index contributed by atoms with van der Waals surface area (Å²) in [5.41, 5.74) is 2.37. The number of nitrogens with zero attached hydrogens (tertiary/aromatic N) is 3. The molecule has 0 amide bonds. The van der Waals surface area contributed by atoms with Crippen molar-refractivity contribution in [3.63, 3.8) is 0 Å². The first-order chi connectivity index (χ1) is 12.1. The van der Waals surface area contributed by atoms with Gasteiger partial charge in [0.25, 0.3) is 6.01 Å². The molecule has 1 aliphatic heterocycles. The molecule has 6 nitrogen and oxygen atoms in total. The van der Waals surface area contributed by atoms with Crippen molar-refractivity contribution in [1.82, 2.24) is 9.29 Å². The number of piperazine rings is 1. The van der Waals surface area contributed by atoms with Gasteiger partial charge in [0.05, 0.1) is 5.75 Å². The first-order valence-corrected chi connectivity index (χ1v) is 9.85. The largest absolute Gasteiger partial charge is 0.423 e. The Morgan fingerprint density at radius 1 is 0.920 bits per heavy atom. The average Bonchev–Trinajstić information content (AvgIpc) is 3.06. The first kappa shape index (κ1) is 16.1. The van der Waals surface area contributed by atoms with Crippen LogP contribution in [0.1, 0.15) is 5.56 Å². The van der Waals surface area contributed by atoms with Gasteiger partial charge in [-0.1, -0.05) is 42.5 Å². The molecule has 4 rings (SSSR count). The van der Waals surface area contributed by atoms with Crippen molar-refractivity contribution in [2.24, 2.45) is 0 Å². The summed E-state index contributed by atoms with van der Waals surface area (Å²) in [6, 6.07) is 17.4. The molecule has 0 spiro atoms. The average molecular weight is 357 g/mol. The number of anilines is 1. The molecular formula is C18H19N3O3S. The van der Waals surface area contributed by atoms with Gasteiger partial charge in [0, 0.05) is 26.2 Å². The van der Waals surface area contributed by atoms with Crippen LogP contribution in [0.25, 0.3) is 11.1 Å². The fourth-order valence-electron chi connectivity index (χ4n) is 3.03. The number of benzene rings is 2. The van der Waals surface area contributed by atoms with Gasteiger partial charge in [0.1, 0.15) is 5.52 Å². The smallest absolute Gasteiger partial charge is 0.298 e. The zero-order valence-electron chi connectivity index (χ0n) is 13.7. The van der Waals surface area contributed by atoms with Crippen molar-refractivity contribution in [1.29, 1.82) is 0 Å². The molecule has 1 aromatic heterocycles. The maximum absolute atomic E-state index is 12.6. The number of oxazole rings is 1. The van der Waals surface area contributed by atoms with E-state index < -0.39 is 10.0 Å². The predicted octanol–water partition coefficient (Wildman–Crippen LogP) is 2.48. The number of hydrogen-bond donors (Lipinski definition) is 0. The van der Waals surface area contributed by atoms with Crippen LogP contribution in [0.3, 0.4) is 0 Å². The molecule has 0 atom stereocenters. The molecule has 2 heterocycles. The highest BCUT2D eigenvalue weighted by molar-refractivity contribution is 7.88. The van der Waals surface area contributed by atoms with Gasteiger partial charge in [-0.25, -0.2) is 8.42 Å². The normalized spacial score (nSPS) is 16.4. The monoisotopic (exact) mass is 357 g/mol. The third-order valence-electron chi connectivity index (χ3n) is 4.38. The van der Waals surface area contributed by atoms with E-state index in [1.165, 1.54) is 0 Å². The molecule has 25 heavy (non-hydrogen) atoms. The second-order valence-corrected chi connectivity index (χ2v) is 8.06. The van der Waals surface area contributed by atoms with Crippen LogP contribution in [0.5, 0.6) is 0 Å². The van der Waals surface area contributed by atoms with Crippen molar-refractivity contribution in [3.05, 3.63) is 60.2 Å². The molecule has 1 saturated heterocycles. The molecule has 1 aliphatic rings. The van der Waals surface area contributed by atoms with Crippen LogP contribution in [-0.2, 0) is 15.8 Å². The minimum atomic E-state index is -3.31. The van der Waals surface area contributed by atoms with Crippen molar-refractivity contribution in [3.8, 4) is 0 Å². The minimum absolute atomic E-state index is 0.0384. The Morgan fingerprint density at radius 2 is 1.60 bits per heavy atom. The Kier molecular flexibility index (Phi) is 4.19. The predicted molar refractivity (Wildman–Crippen MR) is 96.9 cm³/mol. The van der Waals surface area contributed by atoms with E-state index in [1.807, 2.05) is 59.5 Å². The van der Waals surface area contributed by atoms with Crippen molar-refractivity contribution in [2.45, 2.75) is 5.75 Å². The number of hydrogen-bond acceptors (Lipinski definition) is 5. The van der Waals surface area contributed by atoms with Crippen molar-refractivity contribution < 1.29 is 12.8 Å². The summed E-state index contributed by atoms with van der Waals surface area (Å²) < 4.78 is 32.5. The molecule has 0 aliphatic carbocycles. The molecule has 130 valence electrons. The van der Waals surface area contributed by atoms with E-state index in [-0.39, 0.29) is 5.75 Å². The summed E-state index contributed by atoms with van der Waals surface area (Å²) in [5, 5.41) is 0. The topological polar surface area (TPSA) is 66.7 Å². The summed E-state index contributed by atoms with van der Waals surface area (Å²) in [5.74, 6) is 0.0384. The lowest BCUT2D eigenvalue weighted by Crippen LogP contribution is -2.49. The number of rotatable bonds is 4. The van der Waals surface area contributed by atoms with E-state index in [2.05, 4.69) is 4.98 Å². The second kappa shape index (κ2) is 6.50. The third kappa shape index (κ3) is 3.38. The number of para-hydroxylation sites is 2. The van der Waals surface area contributed by atoms with Gasteiger partial charge in [0.2, 0.25) is 10.0 Å². The molecule has 0 radical (unpaired) electrons. The number of fused-ring (bicyclic) bond motifs is 1. The van der Waals surface area contributed by atoms with Crippen LogP contribution in [-0.4, -0.2) is 43.9 Å². The maximum Gasteiger partial charge on any atom is 0.298 e. The van der Waals surface area contributed by atoms with Gasteiger partial charge in [-0.15, -0.1) is 0 Å². The molecule has 0 bridgehead atoms. The van der Waals surface area contributed by atoms with E-state index in [0.29, 0.717) is 32.2 Å². The molecule has 0 unspecified atom stereocenters. The highest BCUT2D eigenvalue weighted by Crippen LogP contribution is 2.23. The molecular weight excluding hydrogens is 338 g/mol. The highest BCUT2D eigenvalue weighted by Gasteiger charge is 2.28. The van der Waals surface area contributed by atoms with E-state index in [0.717, 1.165) is 16.7 Å². The summed E-state index contributed by atoms with van der Waals surface area (Å²) in [4.78, 5) is 6.48. The van der Waals surface area contributed by atoms with Crippen molar-refractivity contribution in [2.75, 3.05) is 31.1 Å². The first-order valence-electron chi connectivity index (χ1n) is 8.24. The lowest BCUT2D eigenvalue weighted by atomic mass is 10.2. The minimum Gasteiger partial charge on any atom is -0.423 e. The van der Waals surface area contributed by atoms with E-state index in [9.17, 15) is 8.42 Å². The molecule has 3 aromatic rings. The van der Waals surface area contributed by atoms with Crippen LogP contribution in [0.2, 0.25) is 0 Å². The van der Waals surface area contributed by atoms with Gasteiger partial charge in [-0.05, 0) is 17.7 Å². The number of aromatic nitrogens is 1. The fourth-order valence-corrected chi connectivity index (χ4v) is 4.54. The number of sulfonamides is 1. The van der Waals surface area contributed by atoms with Crippen LogP contribution in [0, 0.1) is 0 Å². The highest BCUT2D eigenvalue weighted by atomic mass is 32.2. The van der Waals surface area contributed by atoms with Gasteiger partial charge in [-0.3, -0.25) is 0 Å². The molecule has 1 fully saturated rings. The van der Waals surface area contributed by atoms with Gasteiger partial charge in [0.15, 0.2) is 5.58 Å². The standard InChI is InChI=1S/C18H19N3O3S/c22-25(23,14-15-6-2-1-3-7-15)21-12-10-20(11-13-21)18-19-16-8-4-5-9-17(16)24-18/h1-9H,10-14H2. The zero-order valence-corrected chi connectivity index (χ0v) is 14.5. The summed E-state index contributed by atoms with van der Waals surface area (Å²) >= 11 is 0. The Hall–Kier alpha value is -2.38. The Bertz CT molecular complexity index is 928. The quantitative estimate of drug-likeness (QED) is 0.718. The van der Waals surface area contributed by atoms with Gasteiger partial charge in [-0.2, -0.15) is 9.29 Å². The van der Waals surface area contributed by atoms with E-state index in [1.54, 1.807) is 4.31 Å². The van der Waals surface area contributed by atoms with Crippen LogP contribution >= 0.6 is 0 Å². The van der Waals surface area contributed by atoms with Crippen LogP contribution in [0.15, 0.2) is 59.0 Å². The van der Waals surface area contributed by atoms with Crippen molar-refractivity contribution >= 4 is 27.1 Å². The summed E-state index contributed by atoms with van der Waals surface area (Å²) in [6.07, 6.45) is 0. The Morgan fingerprint density at radius 3 is 2.32 bits per heavy atom. The van der Waals surface area contributed by atoms with Gasteiger partial charge < -0.3 is 9.32 Å². The molecule has 2 aromatic carbocycles. The summed E-state index contributed by atoms with van der Waals surface area (Å²) in [6.45, 7) is 2.02. The third-order valence-corrected chi connectivity index (χ3v) is 6.23. The molecule has 0 N–H and O–H groups in total. The molecule has 0 saturated carbocycles. The Balaban J connectivity index is 1.44. The van der Waals surface area contributed by atoms with E-state index >= 15 is 0 Å².